The van der Waals surface area contributed by atoms with Gasteiger partial charge in [0, 0.05) is 45.1 Å². The first-order valence-corrected chi connectivity index (χ1v) is 25.4. The van der Waals surface area contributed by atoms with E-state index in [-0.39, 0.29) is 11.5 Å². The molecule has 12 rings (SSSR count). The second-order valence-electron chi connectivity index (χ2n) is 20.3. The van der Waals surface area contributed by atoms with Gasteiger partial charge in [0.15, 0.2) is 0 Å². The zero-order valence-electron chi connectivity index (χ0n) is 41.7. The van der Waals surface area contributed by atoms with Gasteiger partial charge in [-0.3, -0.25) is 0 Å². The number of hydrogen-bond donors (Lipinski definition) is 0. The Balaban J connectivity index is 0.000000273. The molecule has 7 aromatic carbocycles. The lowest BCUT2D eigenvalue weighted by atomic mass is 9.75. The largest absolute Gasteiger partial charge is 0.333 e. The first kappa shape index (κ1) is 45.5. The highest BCUT2D eigenvalue weighted by atomic mass is 15.2. The molecule has 2 heteroatoms. The van der Waals surface area contributed by atoms with Crippen LogP contribution in [-0.4, -0.2) is 10.6 Å². The van der Waals surface area contributed by atoms with Crippen molar-refractivity contribution in [2.24, 2.45) is 11.3 Å². The molecule has 1 aliphatic heterocycles. The van der Waals surface area contributed by atoms with Crippen molar-refractivity contribution in [3.8, 4) is 5.69 Å². The van der Waals surface area contributed by atoms with E-state index < -0.39 is 0 Å². The van der Waals surface area contributed by atoms with Gasteiger partial charge < -0.3 is 9.47 Å². The molecule has 0 amide bonds. The third-order valence-electron chi connectivity index (χ3n) is 15.4. The maximum Gasteiger partial charge on any atom is 0.0629 e. The summed E-state index contributed by atoms with van der Waals surface area (Å²) in [5.74, 6) is 1.17. The molecule has 0 radical (unpaired) electrons. The first-order chi connectivity index (χ1) is 34.6. The summed E-state index contributed by atoms with van der Waals surface area (Å²) in [6.07, 6.45) is 18.1. The Kier molecular flexibility index (Phi) is 12.0. The zero-order valence-corrected chi connectivity index (χ0v) is 41.7. The van der Waals surface area contributed by atoms with Gasteiger partial charge in [-0.25, -0.2) is 0 Å². The molecule has 1 fully saturated rings. The van der Waals surface area contributed by atoms with E-state index >= 15 is 0 Å². The SMILES string of the molecule is C=C(c1ccccc1)c1ccccc1C(C)C.C=C1C2=CCC(C3=CC4c5ccccc5N(c5ccccc5)C4C=C3)C=C2C(C)(C)/C1=C/C(=C\C)c1ccc2c(c1)c1ccccc1n2-c1ccccc1. The molecule has 0 N–H and O–H groups in total. The van der Waals surface area contributed by atoms with Crippen molar-refractivity contribution in [2.75, 3.05) is 4.90 Å². The average Bonchev–Trinajstić information content (AvgIpc) is 4.00. The molecular weight excluding hydrogens is 857 g/mol. The van der Waals surface area contributed by atoms with Gasteiger partial charge in [0.2, 0.25) is 0 Å². The third kappa shape index (κ3) is 8.12. The van der Waals surface area contributed by atoms with Crippen molar-refractivity contribution in [2.45, 2.75) is 58.9 Å². The van der Waals surface area contributed by atoms with Gasteiger partial charge in [-0.05, 0) is 135 Å². The van der Waals surface area contributed by atoms with Crippen LogP contribution in [0, 0.1) is 11.3 Å². The molecule has 2 nitrogen and oxygen atoms in total. The molecule has 348 valence electrons. The molecule has 4 aliphatic rings. The van der Waals surface area contributed by atoms with E-state index in [9.17, 15) is 0 Å². The minimum atomic E-state index is -0.172. The molecule has 0 bridgehead atoms. The maximum atomic E-state index is 4.73. The van der Waals surface area contributed by atoms with Crippen molar-refractivity contribution in [3.63, 3.8) is 0 Å². The second-order valence-corrected chi connectivity index (χ2v) is 20.3. The maximum absolute atomic E-state index is 4.73. The number of anilines is 2. The van der Waals surface area contributed by atoms with Crippen molar-refractivity contribution in [1.29, 1.82) is 0 Å². The summed E-state index contributed by atoms with van der Waals surface area (Å²) in [7, 11) is 0. The van der Waals surface area contributed by atoms with Crippen LogP contribution in [0.5, 0.6) is 0 Å². The van der Waals surface area contributed by atoms with Crippen LogP contribution in [0.3, 0.4) is 0 Å². The highest BCUT2D eigenvalue weighted by Gasteiger charge is 2.43. The Bertz CT molecular complexity index is 3550. The molecule has 1 aromatic heterocycles. The zero-order chi connectivity index (χ0) is 48.8. The Morgan fingerprint density at radius 3 is 2.07 bits per heavy atom. The molecule has 71 heavy (non-hydrogen) atoms. The molecule has 8 aromatic rings. The number of para-hydroxylation sites is 4. The van der Waals surface area contributed by atoms with Gasteiger partial charge in [0.05, 0.1) is 17.1 Å². The van der Waals surface area contributed by atoms with Crippen LogP contribution in [0.2, 0.25) is 0 Å². The van der Waals surface area contributed by atoms with Crippen LogP contribution in [0.15, 0.2) is 266 Å². The van der Waals surface area contributed by atoms with Crippen molar-refractivity contribution < 1.29 is 0 Å². The van der Waals surface area contributed by atoms with Crippen LogP contribution in [0.25, 0.3) is 38.6 Å². The number of nitrogens with zero attached hydrogens (tertiary/aromatic N) is 2. The summed E-state index contributed by atoms with van der Waals surface area (Å²) in [4.78, 5) is 2.51. The quantitative estimate of drug-likeness (QED) is 0.147. The Morgan fingerprint density at radius 2 is 1.32 bits per heavy atom. The fraction of sp³-hybridized carbons (Fsp3) is 0.159. The normalized spacial score (nSPS) is 19.5. The third-order valence-corrected chi connectivity index (χ3v) is 15.4. The predicted molar refractivity (Wildman–Crippen MR) is 304 cm³/mol. The van der Waals surface area contributed by atoms with E-state index in [0.29, 0.717) is 17.8 Å². The van der Waals surface area contributed by atoms with Crippen LogP contribution in [-0.2, 0) is 0 Å². The average molecular weight is 919 g/mol. The Morgan fingerprint density at radius 1 is 0.676 bits per heavy atom. The van der Waals surface area contributed by atoms with E-state index in [1.54, 1.807) is 0 Å². The smallest absolute Gasteiger partial charge is 0.0629 e. The molecule has 1 saturated carbocycles. The number of fused-ring (bicyclic) bond motifs is 7. The summed E-state index contributed by atoms with van der Waals surface area (Å²) >= 11 is 0. The number of rotatable bonds is 8. The molecular formula is C69H62N2. The summed E-state index contributed by atoms with van der Waals surface area (Å²) < 4.78 is 2.38. The van der Waals surface area contributed by atoms with Gasteiger partial charge >= 0.3 is 0 Å². The second kappa shape index (κ2) is 18.8. The van der Waals surface area contributed by atoms with E-state index in [2.05, 4.69) is 269 Å². The molecule has 2 heterocycles. The highest BCUT2D eigenvalue weighted by molar-refractivity contribution is 6.10. The highest BCUT2D eigenvalue weighted by Crippen LogP contribution is 2.56. The van der Waals surface area contributed by atoms with Crippen LogP contribution < -0.4 is 4.90 Å². The molecule has 0 saturated heterocycles. The molecule has 3 aliphatic carbocycles. The van der Waals surface area contributed by atoms with E-state index in [1.807, 2.05) is 6.07 Å². The van der Waals surface area contributed by atoms with Crippen LogP contribution in [0.4, 0.5) is 11.4 Å². The van der Waals surface area contributed by atoms with Gasteiger partial charge in [0.1, 0.15) is 0 Å². The standard InChI is InChI=1S/C52H44N2.C17H18/c1-5-35(36-25-28-50-44(30-36)42-20-12-14-22-48(42)53(50)39-16-8-6-9-17-39)32-46-34(2)41-27-24-38(33-47(41)52(46,3)4)37-26-29-51-45(31-37)43-21-13-15-23-49(43)54(51)40-18-10-7-11-19-40;1-13(2)16-11-7-8-12-17(16)14(3)15-9-5-4-6-10-15/h5-23,25-33,38,45,51H,2,24H2,1,3-4H3;4-13H,3H2,1-2H3/b35-5+,46-32+;. The van der Waals surface area contributed by atoms with E-state index in [4.69, 9.17) is 6.58 Å². The number of allylic oxidation sites excluding steroid dienone is 11. The Hall–Kier alpha value is -7.94. The molecule has 3 unspecified atom stereocenters. The lowest BCUT2D eigenvalue weighted by molar-refractivity contribution is 0.569. The number of hydrogen-bond acceptors (Lipinski definition) is 1. The van der Waals surface area contributed by atoms with Crippen LogP contribution >= 0.6 is 0 Å². The minimum absolute atomic E-state index is 0.172. The summed E-state index contributed by atoms with van der Waals surface area (Å²) in [5.41, 5.74) is 21.4. The topological polar surface area (TPSA) is 8.17 Å². The number of benzene rings is 7. The predicted octanol–water partition coefficient (Wildman–Crippen LogP) is 18.3. The van der Waals surface area contributed by atoms with E-state index in [1.165, 1.54) is 94.6 Å². The lowest BCUT2D eigenvalue weighted by Crippen LogP contribution is -2.29. The van der Waals surface area contributed by atoms with Gasteiger partial charge in [-0.2, -0.15) is 0 Å². The first-order valence-electron chi connectivity index (χ1n) is 25.4. The summed E-state index contributed by atoms with van der Waals surface area (Å²) in [5, 5.41) is 2.54. The monoisotopic (exact) mass is 918 g/mol. The van der Waals surface area contributed by atoms with Crippen molar-refractivity contribution in [1.82, 2.24) is 4.57 Å². The minimum Gasteiger partial charge on any atom is -0.333 e. The fourth-order valence-electron chi connectivity index (χ4n) is 11.8. The van der Waals surface area contributed by atoms with Gasteiger partial charge in [-0.1, -0.05) is 217 Å². The lowest BCUT2D eigenvalue weighted by Gasteiger charge is -2.32. The van der Waals surface area contributed by atoms with Gasteiger partial charge in [-0.15, -0.1) is 0 Å². The number of aromatic nitrogens is 1. The summed E-state index contributed by atoms with van der Waals surface area (Å²) in [6, 6.07) is 65.3. The van der Waals surface area contributed by atoms with Crippen molar-refractivity contribution in [3.05, 3.63) is 293 Å². The molecule has 0 spiro atoms. The molecule has 3 atom stereocenters. The Labute approximate surface area is 421 Å². The fourth-order valence-corrected chi connectivity index (χ4v) is 11.8. The van der Waals surface area contributed by atoms with Gasteiger partial charge in [0.25, 0.3) is 0 Å². The van der Waals surface area contributed by atoms with Crippen LogP contribution in [0.1, 0.15) is 80.7 Å². The summed E-state index contributed by atoms with van der Waals surface area (Å²) in [6.45, 7) is 20.3. The van der Waals surface area contributed by atoms with Crippen molar-refractivity contribution >= 4 is 44.3 Å². The van der Waals surface area contributed by atoms with E-state index in [0.717, 1.165) is 17.6 Å².